The number of hydrogen-bond acceptors (Lipinski definition) is 3. The Morgan fingerprint density at radius 1 is 0.931 bits per heavy atom. The van der Waals surface area contributed by atoms with E-state index in [0.29, 0.717) is 11.4 Å². The van der Waals surface area contributed by atoms with Gasteiger partial charge in [0.15, 0.2) is 0 Å². The van der Waals surface area contributed by atoms with Gasteiger partial charge >= 0.3 is 0 Å². The lowest BCUT2D eigenvalue weighted by molar-refractivity contribution is -0.114. The fourth-order valence-corrected chi connectivity index (χ4v) is 4.22. The van der Waals surface area contributed by atoms with Crippen LogP contribution in [-0.4, -0.2) is 20.9 Å². The Labute approximate surface area is 169 Å². The third kappa shape index (κ3) is 5.00. The van der Waals surface area contributed by atoms with E-state index in [2.05, 4.69) is 5.32 Å². The fourth-order valence-electron chi connectivity index (χ4n) is 2.80. The maximum Gasteiger partial charge on any atom is 0.264 e. The number of anilines is 2. The molecular weight excluding hydrogens is 391 g/mol. The molecule has 0 atom stereocenters. The Bertz CT molecular complexity index is 1070. The molecule has 1 amide bonds. The molecule has 0 radical (unpaired) electrons. The Kier molecular flexibility index (Phi) is 6.29. The molecule has 0 aromatic heterocycles. The number of carbonyl (C=O) groups is 1. The summed E-state index contributed by atoms with van der Waals surface area (Å²) in [7, 11) is -4.06. The van der Waals surface area contributed by atoms with Gasteiger partial charge in [0.05, 0.1) is 10.6 Å². The maximum absolute atomic E-state index is 13.2. The lowest BCUT2D eigenvalue weighted by atomic mass is 10.1. The Hall–Kier alpha value is -3.19. The summed E-state index contributed by atoms with van der Waals surface area (Å²) in [5.41, 5.74) is 2.06. The van der Waals surface area contributed by atoms with Gasteiger partial charge < -0.3 is 5.32 Å². The van der Waals surface area contributed by atoms with Crippen molar-refractivity contribution >= 4 is 27.3 Å². The smallest absolute Gasteiger partial charge is 0.264 e. The molecule has 0 aliphatic heterocycles. The minimum atomic E-state index is -4.06. The number of hydrogen-bond donors (Lipinski definition) is 1. The molecule has 7 heteroatoms. The summed E-state index contributed by atoms with van der Waals surface area (Å²) in [6.45, 7) is 1.62. The number of para-hydroxylation sites is 1. The van der Waals surface area contributed by atoms with Crippen LogP contribution in [-0.2, 0) is 21.2 Å². The number of amides is 1. The molecule has 0 aliphatic rings. The summed E-state index contributed by atoms with van der Waals surface area (Å²) in [6, 6.07) is 20.2. The Morgan fingerprint density at radius 2 is 1.55 bits per heavy atom. The number of nitrogens with one attached hydrogen (secondary N) is 1. The number of benzene rings is 3. The molecule has 29 heavy (non-hydrogen) atoms. The molecule has 3 aromatic carbocycles. The summed E-state index contributed by atoms with van der Waals surface area (Å²) in [5, 5.41) is 2.72. The highest BCUT2D eigenvalue weighted by atomic mass is 32.2. The van der Waals surface area contributed by atoms with Crippen LogP contribution in [0.1, 0.15) is 12.5 Å². The fraction of sp³-hybridized carbons (Fsp3) is 0.136. The van der Waals surface area contributed by atoms with Crippen molar-refractivity contribution in [2.24, 2.45) is 0 Å². The average Bonchev–Trinajstić information content (AvgIpc) is 2.73. The molecule has 0 unspecified atom stereocenters. The second-order valence-electron chi connectivity index (χ2n) is 6.40. The summed E-state index contributed by atoms with van der Waals surface area (Å²) in [4.78, 5) is 12.5. The largest absolute Gasteiger partial charge is 0.325 e. The van der Waals surface area contributed by atoms with Gasteiger partial charge in [0, 0.05) is 5.69 Å². The van der Waals surface area contributed by atoms with Gasteiger partial charge in [-0.15, -0.1) is 0 Å². The molecule has 0 spiro atoms. The first-order valence-corrected chi connectivity index (χ1v) is 10.6. The topological polar surface area (TPSA) is 66.5 Å². The number of sulfonamides is 1. The van der Waals surface area contributed by atoms with Crippen molar-refractivity contribution in [3.63, 3.8) is 0 Å². The number of halogens is 1. The molecule has 0 saturated heterocycles. The van der Waals surface area contributed by atoms with Crippen LogP contribution in [0.15, 0.2) is 83.8 Å². The molecule has 0 aliphatic carbocycles. The number of nitrogens with zero attached hydrogens (tertiary/aromatic N) is 1. The lowest BCUT2D eigenvalue weighted by Gasteiger charge is -2.24. The van der Waals surface area contributed by atoms with Crippen LogP contribution < -0.4 is 9.62 Å². The van der Waals surface area contributed by atoms with Crippen molar-refractivity contribution in [1.29, 1.82) is 0 Å². The van der Waals surface area contributed by atoms with Crippen molar-refractivity contribution in [2.45, 2.75) is 18.2 Å². The van der Waals surface area contributed by atoms with Crippen LogP contribution in [0.5, 0.6) is 0 Å². The van der Waals surface area contributed by atoms with E-state index in [1.54, 1.807) is 42.5 Å². The highest BCUT2D eigenvalue weighted by Crippen LogP contribution is 2.24. The van der Waals surface area contributed by atoms with E-state index < -0.39 is 28.3 Å². The molecule has 0 saturated carbocycles. The van der Waals surface area contributed by atoms with E-state index in [0.717, 1.165) is 28.4 Å². The molecule has 3 rings (SSSR count). The number of rotatable bonds is 7. The lowest BCUT2D eigenvalue weighted by Crippen LogP contribution is -2.38. The minimum absolute atomic E-state index is 0.0946. The molecular formula is C22H21FN2O3S. The van der Waals surface area contributed by atoms with Crippen LogP contribution in [0, 0.1) is 5.82 Å². The van der Waals surface area contributed by atoms with Crippen LogP contribution >= 0.6 is 0 Å². The summed E-state index contributed by atoms with van der Waals surface area (Å²) >= 11 is 0. The number of aryl methyl sites for hydroxylation is 1. The first kappa shape index (κ1) is 20.5. The van der Waals surface area contributed by atoms with E-state index in [1.807, 2.05) is 19.1 Å². The van der Waals surface area contributed by atoms with Gasteiger partial charge in [0.25, 0.3) is 10.0 Å². The van der Waals surface area contributed by atoms with Crippen molar-refractivity contribution in [2.75, 3.05) is 16.2 Å². The van der Waals surface area contributed by atoms with Gasteiger partial charge in [-0.3, -0.25) is 9.10 Å². The zero-order valence-electron chi connectivity index (χ0n) is 15.9. The monoisotopic (exact) mass is 412 g/mol. The predicted octanol–water partition coefficient (Wildman–Crippen LogP) is 4.22. The summed E-state index contributed by atoms with van der Waals surface area (Å²) < 4.78 is 40.5. The zero-order chi connectivity index (χ0) is 20.9. The SMILES string of the molecule is CCc1ccc(NC(=O)CN(c2ccccc2)S(=O)(=O)c2ccc(F)cc2)cc1. The number of carbonyl (C=O) groups excluding carboxylic acids is 1. The van der Waals surface area contributed by atoms with E-state index in [-0.39, 0.29) is 4.90 Å². The highest BCUT2D eigenvalue weighted by molar-refractivity contribution is 7.92. The predicted molar refractivity (Wildman–Crippen MR) is 112 cm³/mol. The van der Waals surface area contributed by atoms with Crippen LogP contribution in [0.2, 0.25) is 0 Å². The molecule has 3 aromatic rings. The first-order valence-electron chi connectivity index (χ1n) is 9.12. The van der Waals surface area contributed by atoms with Gasteiger partial charge in [-0.25, -0.2) is 12.8 Å². The second kappa shape index (κ2) is 8.87. The van der Waals surface area contributed by atoms with Gasteiger partial charge in [-0.1, -0.05) is 37.3 Å². The van der Waals surface area contributed by atoms with Crippen LogP contribution in [0.25, 0.3) is 0 Å². The molecule has 0 fully saturated rings. The molecule has 0 heterocycles. The Balaban J connectivity index is 1.87. The normalized spacial score (nSPS) is 11.1. The molecule has 5 nitrogen and oxygen atoms in total. The Morgan fingerprint density at radius 3 is 2.14 bits per heavy atom. The molecule has 0 bridgehead atoms. The summed E-state index contributed by atoms with van der Waals surface area (Å²) in [6.07, 6.45) is 0.881. The van der Waals surface area contributed by atoms with Gasteiger partial charge in [0.2, 0.25) is 5.91 Å². The highest BCUT2D eigenvalue weighted by Gasteiger charge is 2.27. The maximum atomic E-state index is 13.2. The van der Waals surface area contributed by atoms with E-state index in [9.17, 15) is 17.6 Å². The van der Waals surface area contributed by atoms with Gasteiger partial charge in [-0.05, 0) is 60.5 Å². The van der Waals surface area contributed by atoms with Crippen molar-refractivity contribution in [1.82, 2.24) is 0 Å². The third-order valence-electron chi connectivity index (χ3n) is 4.38. The third-order valence-corrected chi connectivity index (χ3v) is 6.17. The van der Waals surface area contributed by atoms with Gasteiger partial charge in [-0.2, -0.15) is 0 Å². The second-order valence-corrected chi connectivity index (χ2v) is 8.26. The molecule has 150 valence electrons. The minimum Gasteiger partial charge on any atom is -0.325 e. The van der Waals surface area contributed by atoms with E-state index in [4.69, 9.17) is 0 Å². The van der Waals surface area contributed by atoms with Crippen molar-refractivity contribution in [3.05, 3.63) is 90.2 Å². The quantitative estimate of drug-likeness (QED) is 0.632. The van der Waals surface area contributed by atoms with Gasteiger partial charge in [0.1, 0.15) is 12.4 Å². The average molecular weight is 412 g/mol. The standard InChI is InChI=1S/C22H21FN2O3S/c1-2-17-8-12-19(13-9-17)24-22(26)16-25(20-6-4-3-5-7-20)29(27,28)21-14-10-18(23)11-15-21/h3-15H,2,16H2,1H3,(H,24,26). The first-order chi connectivity index (χ1) is 13.9. The zero-order valence-corrected chi connectivity index (χ0v) is 16.7. The van der Waals surface area contributed by atoms with E-state index in [1.165, 1.54) is 12.1 Å². The molecule has 1 N–H and O–H groups in total. The van der Waals surface area contributed by atoms with Crippen molar-refractivity contribution < 1.29 is 17.6 Å². The van der Waals surface area contributed by atoms with E-state index >= 15 is 0 Å². The van der Waals surface area contributed by atoms with Crippen LogP contribution in [0.4, 0.5) is 15.8 Å². The van der Waals surface area contributed by atoms with Crippen molar-refractivity contribution in [3.8, 4) is 0 Å². The van der Waals surface area contributed by atoms with Crippen LogP contribution in [0.3, 0.4) is 0 Å². The summed E-state index contributed by atoms with van der Waals surface area (Å²) in [5.74, 6) is -1.02.